The van der Waals surface area contributed by atoms with E-state index in [1.165, 1.54) is 0 Å². The molecule has 0 spiro atoms. The maximum Gasteiger partial charge on any atom is 0.352 e. The monoisotopic (exact) mass is 320 g/mol. The Morgan fingerprint density at radius 1 is 1.32 bits per heavy atom. The largest absolute Gasteiger partial charge is 0.497 e. The molecule has 0 amide bonds. The van der Waals surface area contributed by atoms with Crippen LogP contribution in [0.5, 0.6) is 5.75 Å². The second kappa shape index (κ2) is 7.89. The molecule has 0 aliphatic rings. The van der Waals surface area contributed by atoms with Crippen molar-refractivity contribution in [3.05, 3.63) is 29.1 Å². The van der Waals surface area contributed by atoms with Crippen LogP contribution in [-0.2, 0) is 4.74 Å². The van der Waals surface area contributed by atoms with Crippen LogP contribution in [-0.4, -0.2) is 29.3 Å². The summed E-state index contributed by atoms with van der Waals surface area (Å²) >= 11 is 1.06. The van der Waals surface area contributed by atoms with E-state index in [-0.39, 0.29) is 5.97 Å². The van der Waals surface area contributed by atoms with Crippen LogP contribution in [0.25, 0.3) is 11.3 Å². The van der Waals surface area contributed by atoms with Crippen molar-refractivity contribution in [1.82, 2.24) is 9.59 Å². The van der Waals surface area contributed by atoms with Crippen molar-refractivity contribution in [2.24, 2.45) is 5.92 Å². The Morgan fingerprint density at radius 3 is 2.68 bits per heavy atom. The number of ether oxygens (including phenoxy) is 2. The lowest BCUT2D eigenvalue weighted by atomic mass is 10.1. The highest BCUT2D eigenvalue weighted by molar-refractivity contribution is 7.08. The van der Waals surface area contributed by atoms with Crippen molar-refractivity contribution in [3.63, 3.8) is 0 Å². The summed E-state index contributed by atoms with van der Waals surface area (Å²) in [4.78, 5) is 12.6. The van der Waals surface area contributed by atoms with Crippen LogP contribution in [0.4, 0.5) is 0 Å². The van der Waals surface area contributed by atoms with Gasteiger partial charge in [0.25, 0.3) is 0 Å². The van der Waals surface area contributed by atoms with Crippen molar-refractivity contribution in [1.29, 1.82) is 0 Å². The second-order valence-electron chi connectivity index (χ2n) is 5.12. The fourth-order valence-electron chi connectivity index (χ4n) is 1.88. The Labute approximate surface area is 134 Å². The number of hydrogen-bond donors (Lipinski definition) is 0. The molecule has 0 saturated heterocycles. The molecule has 0 bridgehead atoms. The third-order valence-electron chi connectivity index (χ3n) is 3.58. The molecule has 0 aliphatic heterocycles. The van der Waals surface area contributed by atoms with Gasteiger partial charge >= 0.3 is 5.97 Å². The molecule has 1 atom stereocenters. The number of methoxy groups -OCH3 is 1. The van der Waals surface area contributed by atoms with Gasteiger partial charge in [0.15, 0.2) is 4.88 Å². The average molecular weight is 320 g/mol. The van der Waals surface area contributed by atoms with E-state index < -0.39 is 0 Å². The number of carbonyl (C=O) groups is 1. The summed E-state index contributed by atoms with van der Waals surface area (Å²) in [7, 11) is 1.61. The van der Waals surface area contributed by atoms with Gasteiger partial charge in [-0.1, -0.05) is 24.8 Å². The topological polar surface area (TPSA) is 61.3 Å². The van der Waals surface area contributed by atoms with E-state index in [1.807, 2.05) is 24.3 Å². The summed E-state index contributed by atoms with van der Waals surface area (Å²) in [6.45, 7) is 4.69. The zero-order chi connectivity index (χ0) is 15.9. The van der Waals surface area contributed by atoms with Crippen molar-refractivity contribution >= 4 is 17.5 Å². The summed E-state index contributed by atoms with van der Waals surface area (Å²) in [5.74, 6) is 0.946. The van der Waals surface area contributed by atoms with Crippen LogP contribution >= 0.6 is 11.5 Å². The van der Waals surface area contributed by atoms with Crippen molar-refractivity contribution in [3.8, 4) is 17.0 Å². The number of rotatable bonds is 7. The number of aromatic nitrogens is 2. The molecule has 1 aromatic carbocycles. The summed E-state index contributed by atoms with van der Waals surface area (Å²) in [5.41, 5.74) is 1.38. The lowest BCUT2D eigenvalue weighted by molar-refractivity contribution is 0.0491. The minimum absolute atomic E-state index is 0.357. The summed E-state index contributed by atoms with van der Waals surface area (Å²) < 4.78 is 14.3. The van der Waals surface area contributed by atoms with Gasteiger partial charge in [-0.25, -0.2) is 4.79 Å². The molecular weight excluding hydrogens is 300 g/mol. The van der Waals surface area contributed by atoms with Gasteiger partial charge in [-0.15, -0.1) is 5.10 Å². The fourth-order valence-corrected chi connectivity index (χ4v) is 2.47. The zero-order valence-corrected chi connectivity index (χ0v) is 13.9. The molecular formula is C16H20N2O3S. The van der Waals surface area contributed by atoms with Crippen LogP contribution in [0, 0.1) is 5.92 Å². The Balaban J connectivity index is 2.06. The highest BCUT2D eigenvalue weighted by Gasteiger charge is 2.19. The average Bonchev–Trinajstić information content (AvgIpc) is 3.04. The third-order valence-corrected chi connectivity index (χ3v) is 4.28. The number of benzene rings is 1. The molecule has 2 aromatic rings. The van der Waals surface area contributed by atoms with E-state index in [1.54, 1.807) is 7.11 Å². The van der Waals surface area contributed by atoms with Gasteiger partial charge in [-0.3, -0.25) is 0 Å². The summed E-state index contributed by atoms with van der Waals surface area (Å²) in [5, 5.41) is 4.05. The first kappa shape index (κ1) is 16.4. The second-order valence-corrected chi connectivity index (χ2v) is 5.87. The molecule has 22 heavy (non-hydrogen) atoms. The first-order valence-corrected chi connectivity index (χ1v) is 8.07. The van der Waals surface area contributed by atoms with Crippen LogP contribution < -0.4 is 4.74 Å². The van der Waals surface area contributed by atoms with Crippen molar-refractivity contribution in [2.45, 2.75) is 26.7 Å². The minimum atomic E-state index is -0.357. The molecule has 5 nitrogen and oxygen atoms in total. The predicted octanol–water partition coefficient (Wildman–Crippen LogP) is 3.81. The molecule has 0 unspecified atom stereocenters. The van der Waals surface area contributed by atoms with Gasteiger partial charge in [-0.2, -0.15) is 0 Å². The molecule has 0 aliphatic carbocycles. The zero-order valence-electron chi connectivity index (χ0n) is 13.0. The molecule has 0 N–H and O–H groups in total. The van der Waals surface area contributed by atoms with Gasteiger partial charge < -0.3 is 9.47 Å². The SMILES string of the molecule is CC[C@@H](C)CCOC(=O)c1snnc1-c1ccc(OC)cc1. The molecule has 0 radical (unpaired) electrons. The predicted molar refractivity (Wildman–Crippen MR) is 86.3 cm³/mol. The number of nitrogens with zero attached hydrogens (tertiary/aromatic N) is 2. The minimum Gasteiger partial charge on any atom is -0.497 e. The first-order valence-electron chi connectivity index (χ1n) is 7.29. The number of hydrogen-bond acceptors (Lipinski definition) is 6. The van der Waals surface area contributed by atoms with Gasteiger partial charge in [0.05, 0.1) is 13.7 Å². The Bertz CT molecular complexity index is 610. The van der Waals surface area contributed by atoms with E-state index in [0.717, 1.165) is 35.7 Å². The number of esters is 1. The molecule has 1 aromatic heterocycles. The van der Waals surface area contributed by atoms with Crippen LogP contribution in [0.3, 0.4) is 0 Å². The highest BCUT2D eigenvalue weighted by Crippen LogP contribution is 2.26. The maximum absolute atomic E-state index is 12.2. The van der Waals surface area contributed by atoms with Crippen molar-refractivity contribution < 1.29 is 14.3 Å². The van der Waals surface area contributed by atoms with E-state index in [2.05, 4.69) is 23.4 Å². The lowest BCUT2D eigenvalue weighted by Gasteiger charge is -2.08. The Morgan fingerprint density at radius 2 is 2.05 bits per heavy atom. The third kappa shape index (κ3) is 4.04. The summed E-state index contributed by atoms with van der Waals surface area (Å²) in [6, 6.07) is 7.36. The molecule has 1 heterocycles. The van der Waals surface area contributed by atoms with Crippen LogP contribution in [0.1, 0.15) is 36.4 Å². The first-order chi connectivity index (χ1) is 10.7. The van der Waals surface area contributed by atoms with E-state index in [0.29, 0.717) is 23.1 Å². The van der Waals surface area contributed by atoms with E-state index in [9.17, 15) is 4.79 Å². The maximum atomic E-state index is 12.2. The molecule has 2 rings (SSSR count). The fraction of sp³-hybridized carbons (Fsp3) is 0.438. The lowest BCUT2D eigenvalue weighted by Crippen LogP contribution is -2.08. The molecule has 0 fully saturated rings. The standard InChI is InChI=1S/C16H20N2O3S/c1-4-11(2)9-10-21-16(19)15-14(17-18-22-15)12-5-7-13(20-3)8-6-12/h5-8,11H,4,9-10H2,1-3H3/t11-/m1/s1. The van der Waals surface area contributed by atoms with Gasteiger partial charge in [0.2, 0.25) is 0 Å². The van der Waals surface area contributed by atoms with E-state index in [4.69, 9.17) is 9.47 Å². The quantitative estimate of drug-likeness (QED) is 0.726. The molecule has 0 saturated carbocycles. The smallest absolute Gasteiger partial charge is 0.352 e. The normalized spacial score (nSPS) is 12.0. The Kier molecular flexibility index (Phi) is 5.89. The van der Waals surface area contributed by atoms with E-state index >= 15 is 0 Å². The number of carbonyl (C=O) groups excluding carboxylic acids is 1. The molecule has 118 valence electrons. The highest BCUT2D eigenvalue weighted by atomic mass is 32.1. The summed E-state index contributed by atoms with van der Waals surface area (Å²) in [6.07, 6.45) is 1.95. The van der Waals surface area contributed by atoms with Gasteiger partial charge in [0.1, 0.15) is 11.4 Å². The Hall–Kier alpha value is -1.95. The van der Waals surface area contributed by atoms with Gasteiger partial charge in [-0.05, 0) is 48.1 Å². The van der Waals surface area contributed by atoms with Crippen LogP contribution in [0.15, 0.2) is 24.3 Å². The van der Waals surface area contributed by atoms with Crippen molar-refractivity contribution in [2.75, 3.05) is 13.7 Å². The van der Waals surface area contributed by atoms with Gasteiger partial charge in [0, 0.05) is 5.56 Å². The van der Waals surface area contributed by atoms with Crippen LogP contribution in [0.2, 0.25) is 0 Å². The molecule has 6 heteroatoms.